The van der Waals surface area contributed by atoms with E-state index in [4.69, 9.17) is 0 Å². The SMILES string of the molecule is Cc1cc(C(=O)N2CCNC[C@@H]2C)c(C)n1-c1ccccc1.Cl. The zero-order valence-electron chi connectivity index (χ0n) is 13.9. The van der Waals surface area contributed by atoms with Gasteiger partial charge in [0.25, 0.3) is 5.91 Å². The minimum atomic E-state index is 0. The fourth-order valence-electron chi connectivity index (χ4n) is 3.25. The van der Waals surface area contributed by atoms with Crippen molar-refractivity contribution in [2.24, 2.45) is 0 Å². The van der Waals surface area contributed by atoms with Crippen molar-refractivity contribution in [3.63, 3.8) is 0 Å². The quantitative estimate of drug-likeness (QED) is 0.917. The Labute approximate surface area is 143 Å². The molecule has 124 valence electrons. The Bertz CT molecular complexity index is 681. The average molecular weight is 334 g/mol. The maximum Gasteiger partial charge on any atom is 0.256 e. The van der Waals surface area contributed by atoms with Gasteiger partial charge in [-0.15, -0.1) is 12.4 Å². The molecule has 0 radical (unpaired) electrons. The number of carbonyl (C=O) groups excluding carboxylic acids is 1. The number of nitrogens with zero attached hydrogens (tertiary/aromatic N) is 2. The largest absolute Gasteiger partial charge is 0.333 e. The van der Waals surface area contributed by atoms with Crippen LogP contribution in [0.5, 0.6) is 0 Å². The highest BCUT2D eigenvalue weighted by molar-refractivity contribution is 5.96. The first-order valence-corrected chi connectivity index (χ1v) is 7.85. The van der Waals surface area contributed by atoms with Gasteiger partial charge in [0.1, 0.15) is 0 Å². The van der Waals surface area contributed by atoms with Crippen LogP contribution in [0.1, 0.15) is 28.7 Å². The molecule has 0 aliphatic carbocycles. The summed E-state index contributed by atoms with van der Waals surface area (Å²) in [7, 11) is 0. The molecule has 3 rings (SSSR count). The molecule has 1 amide bonds. The van der Waals surface area contributed by atoms with Gasteiger partial charge in [-0.1, -0.05) is 18.2 Å². The van der Waals surface area contributed by atoms with Gasteiger partial charge < -0.3 is 14.8 Å². The third kappa shape index (κ3) is 3.28. The molecule has 0 bridgehead atoms. The van der Waals surface area contributed by atoms with E-state index in [1.807, 2.05) is 36.1 Å². The van der Waals surface area contributed by atoms with Crippen molar-refractivity contribution in [1.82, 2.24) is 14.8 Å². The van der Waals surface area contributed by atoms with Gasteiger partial charge in [-0.05, 0) is 39.0 Å². The van der Waals surface area contributed by atoms with Crippen LogP contribution in [-0.2, 0) is 0 Å². The lowest BCUT2D eigenvalue weighted by molar-refractivity contribution is 0.0655. The molecule has 4 nitrogen and oxygen atoms in total. The average Bonchev–Trinajstić information content (AvgIpc) is 2.83. The van der Waals surface area contributed by atoms with E-state index in [2.05, 4.69) is 35.9 Å². The molecule has 0 saturated carbocycles. The van der Waals surface area contributed by atoms with Crippen LogP contribution in [-0.4, -0.2) is 41.1 Å². The summed E-state index contributed by atoms with van der Waals surface area (Å²) in [6.45, 7) is 8.68. The van der Waals surface area contributed by atoms with Crippen molar-refractivity contribution in [3.05, 3.63) is 53.3 Å². The summed E-state index contributed by atoms with van der Waals surface area (Å²) >= 11 is 0. The number of nitrogens with one attached hydrogen (secondary N) is 1. The first-order valence-electron chi connectivity index (χ1n) is 7.85. The Morgan fingerprint density at radius 2 is 1.91 bits per heavy atom. The number of aromatic nitrogens is 1. The van der Waals surface area contributed by atoms with Crippen LogP contribution in [0, 0.1) is 13.8 Å². The van der Waals surface area contributed by atoms with Crippen LogP contribution in [0.3, 0.4) is 0 Å². The van der Waals surface area contributed by atoms with E-state index in [9.17, 15) is 4.79 Å². The number of rotatable bonds is 2. The topological polar surface area (TPSA) is 37.3 Å². The predicted molar refractivity (Wildman–Crippen MR) is 95.9 cm³/mol. The highest BCUT2D eigenvalue weighted by atomic mass is 35.5. The Hall–Kier alpha value is -1.78. The maximum atomic E-state index is 12.9. The second-order valence-corrected chi connectivity index (χ2v) is 6.01. The maximum absolute atomic E-state index is 12.9. The summed E-state index contributed by atoms with van der Waals surface area (Å²) in [6.07, 6.45) is 0. The number of carbonyl (C=O) groups is 1. The Kier molecular flexibility index (Phi) is 5.50. The Morgan fingerprint density at radius 1 is 1.22 bits per heavy atom. The van der Waals surface area contributed by atoms with Crippen LogP contribution in [0.15, 0.2) is 36.4 Å². The lowest BCUT2D eigenvalue weighted by Crippen LogP contribution is -2.52. The van der Waals surface area contributed by atoms with E-state index in [1.165, 1.54) is 0 Å². The van der Waals surface area contributed by atoms with Crippen molar-refractivity contribution >= 4 is 18.3 Å². The van der Waals surface area contributed by atoms with Crippen LogP contribution < -0.4 is 5.32 Å². The molecule has 1 aliphatic heterocycles. The lowest BCUT2D eigenvalue weighted by Gasteiger charge is -2.34. The van der Waals surface area contributed by atoms with E-state index in [1.54, 1.807) is 0 Å². The van der Waals surface area contributed by atoms with Gasteiger partial charge in [0.15, 0.2) is 0 Å². The molecular weight excluding hydrogens is 310 g/mol. The van der Waals surface area contributed by atoms with Gasteiger partial charge in [-0.2, -0.15) is 0 Å². The zero-order chi connectivity index (χ0) is 15.7. The number of para-hydroxylation sites is 1. The van der Waals surface area contributed by atoms with Gasteiger partial charge in [0, 0.05) is 42.8 Å². The fourth-order valence-corrected chi connectivity index (χ4v) is 3.25. The molecule has 1 fully saturated rings. The van der Waals surface area contributed by atoms with Gasteiger partial charge in [0.05, 0.1) is 5.56 Å². The van der Waals surface area contributed by atoms with Crippen LogP contribution >= 0.6 is 12.4 Å². The number of hydrogen-bond acceptors (Lipinski definition) is 2. The van der Waals surface area contributed by atoms with Crippen LogP contribution in [0.2, 0.25) is 0 Å². The molecule has 1 aromatic carbocycles. The van der Waals surface area contributed by atoms with Crippen molar-refractivity contribution in [3.8, 4) is 5.69 Å². The molecule has 23 heavy (non-hydrogen) atoms. The van der Waals surface area contributed by atoms with Crippen molar-refractivity contribution in [1.29, 1.82) is 0 Å². The predicted octanol–water partition coefficient (Wildman–Crippen LogP) is 2.95. The molecule has 1 atom stereocenters. The number of aryl methyl sites for hydroxylation is 1. The molecular formula is C18H24ClN3O. The summed E-state index contributed by atoms with van der Waals surface area (Å²) in [4.78, 5) is 14.9. The number of amides is 1. The second kappa shape index (κ2) is 7.20. The van der Waals surface area contributed by atoms with Crippen molar-refractivity contribution in [2.45, 2.75) is 26.8 Å². The summed E-state index contributed by atoms with van der Waals surface area (Å²) in [5.41, 5.74) is 4.02. The second-order valence-electron chi connectivity index (χ2n) is 6.01. The molecule has 2 aromatic rings. The van der Waals surface area contributed by atoms with Crippen molar-refractivity contribution in [2.75, 3.05) is 19.6 Å². The standard InChI is InChI=1S/C18H23N3O.ClH/c1-13-11-17(18(22)20-10-9-19-12-14(20)2)15(3)21(13)16-7-5-4-6-8-16;/h4-8,11,14,19H,9-10,12H2,1-3H3;1H/t14-;/m0./s1. The highest BCUT2D eigenvalue weighted by Crippen LogP contribution is 2.22. The fraction of sp³-hybridized carbons (Fsp3) is 0.389. The summed E-state index contributed by atoms with van der Waals surface area (Å²) in [6, 6.07) is 12.4. The number of piperazine rings is 1. The first kappa shape index (κ1) is 17.6. The van der Waals surface area contributed by atoms with E-state index < -0.39 is 0 Å². The molecule has 1 saturated heterocycles. The van der Waals surface area contributed by atoms with Crippen molar-refractivity contribution < 1.29 is 4.79 Å². The third-order valence-corrected chi connectivity index (χ3v) is 4.44. The van der Waals surface area contributed by atoms with Gasteiger partial charge in [0.2, 0.25) is 0 Å². The molecule has 1 aliphatic rings. The Balaban J connectivity index is 0.00000192. The smallest absolute Gasteiger partial charge is 0.256 e. The first-order chi connectivity index (χ1) is 10.6. The number of hydrogen-bond donors (Lipinski definition) is 1. The minimum absolute atomic E-state index is 0. The Morgan fingerprint density at radius 3 is 2.57 bits per heavy atom. The van der Waals surface area contributed by atoms with Gasteiger partial charge in [-0.3, -0.25) is 4.79 Å². The van der Waals surface area contributed by atoms with E-state index in [0.29, 0.717) is 0 Å². The zero-order valence-corrected chi connectivity index (χ0v) is 14.7. The number of halogens is 1. The summed E-state index contributed by atoms with van der Waals surface area (Å²) in [5, 5.41) is 3.33. The molecule has 5 heteroatoms. The van der Waals surface area contributed by atoms with Crippen LogP contribution in [0.4, 0.5) is 0 Å². The van der Waals surface area contributed by atoms with Crippen LogP contribution in [0.25, 0.3) is 5.69 Å². The summed E-state index contributed by atoms with van der Waals surface area (Å²) < 4.78 is 2.15. The molecule has 1 aromatic heterocycles. The minimum Gasteiger partial charge on any atom is -0.333 e. The van der Waals surface area contributed by atoms with E-state index >= 15 is 0 Å². The highest BCUT2D eigenvalue weighted by Gasteiger charge is 2.27. The third-order valence-electron chi connectivity index (χ3n) is 4.44. The number of benzene rings is 1. The van der Waals surface area contributed by atoms with E-state index in [-0.39, 0.29) is 24.4 Å². The lowest BCUT2D eigenvalue weighted by atomic mass is 10.1. The molecule has 0 unspecified atom stereocenters. The monoisotopic (exact) mass is 333 g/mol. The van der Waals surface area contributed by atoms with E-state index in [0.717, 1.165) is 42.3 Å². The normalized spacial score (nSPS) is 17.7. The molecule has 2 heterocycles. The van der Waals surface area contributed by atoms with Gasteiger partial charge >= 0.3 is 0 Å². The summed E-state index contributed by atoms with van der Waals surface area (Å²) in [5.74, 6) is 0.143. The van der Waals surface area contributed by atoms with Gasteiger partial charge in [-0.25, -0.2) is 0 Å². The molecule has 0 spiro atoms. The molecule has 1 N–H and O–H groups in total.